The van der Waals surface area contributed by atoms with Crippen LogP contribution in [0, 0.1) is 0 Å². The molecule has 4 rings (SSSR count). The summed E-state index contributed by atoms with van der Waals surface area (Å²) in [5.41, 5.74) is 2.84. The van der Waals surface area contributed by atoms with E-state index >= 15 is 0 Å². The van der Waals surface area contributed by atoms with E-state index in [0.717, 1.165) is 23.9 Å². The second kappa shape index (κ2) is 8.09. The maximum Gasteiger partial charge on any atom is 0.239 e. The van der Waals surface area contributed by atoms with Gasteiger partial charge in [0.05, 0.1) is 11.0 Å². The van der Waals surface area contributed by atoms with E-state index in [2.05, 4.69) is 17.4 Å². The molecule has 0 spiro atoms. The molecular weight excluding hydrogens is 348 g/mol. The molecule has 1 heterocycles. The number of benzene rings is 3. The summed E-state index contributed by atoms with van der Waals surface area (Å²) >= 11 is 0. The number of carbonyl (C=O) groups is 1. The van der Waals surface area contributed by atoms with Crippen LogP contribution in [-0.2, 0) is 17.8 Å². The zero-order chi connectivity index (χ0) is 19.3. The van der Waals surface area contributed by atoms with Crippen molar-refractivity contribution in [1.82, 2.24) is 9.88 Å². The number of fused-ring (bicyclic) bond motifs is 2. The van der Waals surface area contributed by atoms with Gasteiger partial charge in [0.15, 0.2) is 5.43 Å². The van der Waals surface area contributed by atoms with Crippen LogP contribution in [0.15, 0.2) is 83.7 Å². The van der Waals surface area contributed by atoms with Crippen molar-refractivity contribution >= 4 is 27.7 Å². The van der Waals surface area contributed by atoms with Crippen molar-refractivity contribution in [1.29, 1.82) is 0 Å². The van der Waals surface area contributed by atoms with Gasteiger partial charge >= 0.3 is 0 Å². The molecule has 4 nitrogen and oxygen atoms in total. The molecule has 140 valence electrons. The normalized spacial score (nSPS) is 11.0. The predicted molar refractivity (Wildman–Crippen MR) is 113 cm³/mol. The Kier molecular flexibility index (Phi) is 5.20. The number of nitrogens with one attached hydrogen (secondary N) is 1. The molecule has 4 heteroatoms. The van der Waals surface area contributed by atoms with Gasteiger partial charge in [-0.1, -0.05) is 54.6 Å². The Morgan fingerprint density at radius 2 is 1.36 bits per heavy atom. The molecule has 1 amide bonds. The minimum absolute atomic E-state index is 0.00530. The van der Waals surface area contributed by atoms with Gasteiger partial charge in [0, 0.05) is 17.3 Å². The van der Waals surface area contributed by atoms with Gasteiger partial charge in [-0.05, 0) is 42.7 Å². The number of nitrogens with zero attached hydrogens (tertiary/aromatic N) is 1. The van der Waals surface area contributed by atoms with Crippen LogP contribution in [0.4, 0.5) is 0 Å². The highest BCUT2D eigenvalue weighted by atomic mass is 16.2. The van der Waals surface area contributed by atoms with Crippen LogP contribution in [0.5, 0.6) is 0 Å². The second-order valence-corrected chi connectivity index (χ2v) is 6.89. The molecule has 0 atom stereocenters. The first-order chi connectivity index (χ1) is 13.7. The third kappa shape index (κ3) is 3.67. The summed E-state index contributed by atoms with van der Waals surface area (Å²) in [6.45, 7) is 0.816. The first-order valence-electron chi connectivity index (χ1n) is 9.55. The average Bonchev–Trinajstić information content (AvgIpc) is 2.75. The second-order valence-electron chi connectivity index (χ2n) is 6.89. The van der Waals surface area contributed by atoms with E-state index in [0.29, 0.717) is 17.3 Å². The summed E-state index contributed by atoms with van der Waals surface area (Å²) < 4.78 is 1.93. The van der Waals surface area contributed by atoms with E-state index in [1.807, 2.05) is 71.3 Å². The van der Waals surface area contributed by atoms with Gasteiger partial charge in [-0.25, -0.2) is 0 Å². The minimum Gasteiger partial charge on any atom is -0.355 e. The summed E-state index contributed by atoms with van der Waals surface area (Å²) in [5.74, 6) is -0.0491. The fourth-order valence-electron chi connectivity index (χ4n) is 3.61. The fraction of sp³-hybridized carbons (Fsp3) is 0.167. The van der Waals surface area contributed by atoms with Crippen LogP contribution >= 0.6 is 0 Å². The molecule has 0 aliphatic rings. The van der Waals surface area contributed by atoms with Crippen LogP contribution in [0.25, 0.3) is 21.8 Å². The number of hydrogen-bond donors (Lipinski definition) is 1. The number of carbonyl (C=O) groups excluding carboxylic acids is 1. The summed E-state index contributed by atoms with van der Waals surface area (Å²) in [4.78, 5) is 25.3. The predicted octanol–water partition coefficient (Wildman–Crippen LogP) is 3.90. The van der Waals surface area contributed by atoms with Crippen molar-refractivity contribution in [2.45, 2.75) is 19.4 Å². The lowest BCUT2D eigenvalue weighted by Gasteiger charge is -2.15. The van der Waals surface area contributed by atoms with Crippen molar-refractivity contribution in [2.75, 3.05) is 6.54 Å². The molecule has 0 bridgehead atoms. The highest BCUT2D eigenvalue weighted by molar-refractivity contribution is 5.94. The van der Waals surface area contributed by atoms with Crippen LogP contribution in [-0.4, -0.2) is 17.0 Å². The van der Waals surface area contributed by atoms with Crippen LogP contribution in [0.1, 0.15) is 12.0 Å². The van der Waals surface area contributed by atoms with E-state index in [9.17, 15) is 9.59 Å². The number of rotatable bonds is 6. The molecule has 0 aliphatic heterocycles. The molecule has 0 radical (unpaired) electrons. The van der Waals surface area contributed by atoms with Crippen LogP contribution in [0.2, 0.25) is 0 Å². The van der Waals surface area contributed by atoms with Gasteiger partial charge < -0.3 is 9.88 Å². The molecule has 0 aliphatic carbocycles. The number of para-hydroxylation sites is 2. The Morgan fingerprint density at radius 3 is 2.00 bits per heavy atom. The number of pyridine rings is 1. The SMILES string of the molecule is O=C(Cn1c2ccccc2c(=O)c2ccccc21)NCCCc1ccccc1. The summed E-state index contributed by atoms with van der Waals surface area (Å²) in [7, 11) is 0. The monoisotopic (exact) mass is 370 g/mol. The highest BCUT2D eigenvalue weighted by Crippen LogP contribution is 2.18. The third-order valence-corrected chi connectivity index (χ3v) is 4.99. The molecule has 1 aromatic heterocycles. The van der Waals surface area contributed by atoms with Crippen molar-refractivity contribution in [3.63, 3.8) is 0 Å². The Balaban J connectivity index is 1.53. The van der Waals surface area contributed by atoms with Crippen molar-refractivity contribution < 1.29 is 4.79 Å². The van der Waals surface area contributed by atoms with Gasteiger partial charge in [0.25, 0.3) is 0 Å². The Bertz CT molecular complexity index is 1120. The number of hydrogen-bond acceptors (Lipinski definition) is 2. The summed E-state index contributed by atoms with van der Waals surface area (Å²) in [6, 6.07) is 25.2. The highest BCUT2D eigenvalue weighted by Gasteiger charge is 2.12. The zero-order valence-electron chi connectivity index (χ0n) is 15.6. The minimum atomic E-state index is -0.0491. The van der Waals surface area contributed by atoms with Gasteiger partial charge in [-0.2, -0.15) is 0 Å². The largest absolute Gasteiger partial charge is 0.355 e. The maximum absolute atomic E-state index is 12.8. The van der Waals surface area contributed by atoms with E-state index in [4.69, 9.17) is 0 Å². The van der Waals surface area contributed by atoms with E-state index < -0.39 is 0 Å². The van der Waals surface area contributed by atoms with Gasteiger partial charge in [-0.15, -0.1) is 0 Å². The lowest BCUT2D eigenvalue weighted by molar-refractivity contribution is -0.121. The maximum atomic E-state index is 12.8. The molecule has 0 unspecified atom stereocenters. The summed E-state index contributed by atoms with van der Waals surface area (Å²) in [5, 5.41) is 4.28. The molecule has 0 saturated carbocycles. The molecular formula is C24H22N2O2. The summed E-state index contributed by atoms with van der Waals surface area (Å²) in [6.07, 6.45) is 1.83. The van der Waals surface area contributed by atoms with Crippen LogP contribution in [0.3, 0.4) is 0 Å². The molecule has 3 aromatic carbocycles. The lowest BCUT2D eigenvalue weighted by Crippen LogP contribution is -2.29. The number of amides is 1. The zero-order valence-corrected chi connectivity index (χ0v) is 15.6. The topological polar surface area (TPSA) is 51.1 Å². The van der Waals surface area contributed by atoms with Crippen LogP contribution < -0.4 is 10.7 Å². The van der Waals surface area contributed by atoms with Gasteiger partial charge in [-0.3, -0.25) is 9.59 Å². The fourth-order valence-corrected chi connectivity index (χ4v) is 3.61. The quantitative estimate of drug-likeness (QED) is 0.413. The molecule has 0 saturated heterocycles. The smallest absolute Gasteiger partial charge is 0.239 e. The van der Waals surface area contributed by atoms with Gasteiger partial charge in [0.2, 0.25) is 5.91 Å². The molecule has 4 aromatic rings. The van der Waals surface area contributed by atoms with E-state index in [-0.39, 0.29) is 17.9 Å². The standard InChI is InChI=1S/C24H22N2O2/c27-23(25-16-8-11-18-9-2-1-3-10-18)17-26-21-14-6-4-12-19(21)24(28)20-13-5-7-15-22(20)26/h1-7,9-10,12-15H,8,11,16-17H2,(H,25,27). The third-order valence-electron chi connectivity index (χ3n) is 4.99. The Labute approximate surface area is 163 Å². The first kappa shape index (κ1) is 18.0. The number of aromatic nitrogens is 1. The average molecular weight is 370 g/mol. The van der Waals surface area contributed by atoms with E-state index in [1.165, 1.54) is 5.56 Å². The van der Waals surface area contributed by atoms with Gasteiger partial charge in [0.1, 0.15) is 6.54 Å². The molecule has 1 N–H and O–H groups in total. The first-order valence-corrected chi connectivity index (χ1v) is 9.55. The molecule has 28 heavy (non-hydrogen) atoms. The van der Waals surface area contributed by atoms with Crippen molar-refractivity contribution in [3.8, 4) is 0 Å². The number of aryl methyl sites for hydroxylation is 1. The Morgan fingerprint density at radius 1 is 0.786 bits per heavy atom. The van der Waals surface area contributed by atoms with Crippen molar-refractivity contribution in [2.24, 2.45) is 0 Å². The molecule has 0 fully saturated rings. The Hall–Kier alpha value is -3.40. The van der Waals surface area contributed by atoms with Crippen molar-refractivity contribution in [3.05, 3.63) is 94.6 Å². The van der Waals surface area contributed by atoms with E-state index in [1.54, 1.807) is 0 Å². The lowest BCUT2D eigenvalue weighted by atomic mass is 10.1.